The number of phenols is 1. The third-order valence-electron chi connectivity index (χ3n) is 3.90. The Hall–Kier alpha value is -2.72. The number of aromatic hydroxyl groups is 1. The van der Waals surface area contributed by atoms with Gasteiger partial charge in [-0.15, -0.1) is 10.2 Å². The number of azo groups is 1. The quantitative estimate of drug-likeness (QED) is 0.357. The number of fused-ring (bicyclic) bond motifs is 1. The first kappa shape index (κ1) is 20.0. The zero-order valence-electron chi connectivity index (χ0n) is 14.5. The predicted molar refractivity (Wildman–Crippen MR) is 108 cm³/mol. The van der Waals surface area contributed by atoms with Crippen molar-refractivity contribution in [1.29, 1.82) is 0 Å². The average Bonchev–Trinajstić information content (AvgIpc) is 2.67. The van der Waals surface area contributed by atoms with Crippen molar-refractivity contribution in [2.45, 2.75) is 4.90 Å². The van der Waals surface area contributed by atoms with Crippen molar-refractivity contribution < 1.29 is 18.6 Å². The Morgan fingerprint density at radius 2 is 1.86 bits per heavy atom. The van der Waals surface area contributed by atoms with Crippen LogP contribution in [0.25, 0.3) is 10.8 Å². The van der Waals surface area contributed by atoms with E-state index in [4.69, 9.17) is 22.4 Å². The summed E-state index contributed by atoms with van der Waals surface area (Å²) in [5, 5.41) is 28.4. The van der Waals surface area contributed by atoms with Crippen molar-refractivity contribution in [2.75, 3.05) is 18.9 Å². The smallest absolute Gasteiger partial charge is 0.240 e. The van der Waals surface area contributed by atoms with Crippen LogP contribution in [0.1, 0.15) is 0 Å². The molecule has 0 heterocycles. The van der Waals surface area contributed by atoms with Crippen molar-refractivity contribution in [1.82, 2.24) is 4.72 Å². The standard InChI is InChI=1S/C18H17ClN4O4S/c19-12-2-6-17(25)16(10-12)22-23-18-14-4-3-13(28(26,27)21-7-8-24)9-11(14)1-5-15(18)20/h1-6,9-10,21,24-25H,7-8,20H2. The van der Waals surface area contributed by atoms with Gasteiger partial charge in [0.25, 0.3) is 0 Å². The van der Waals surface area contributed by atoms with Gasteiger partial charge in [0.1, 0.15) is 17.1 Å². The molecule has 0 aliphatic heterocycles. The van der Waals surface area contributed by atoms with Gasteiger partial charge in [-0.1, -0.05) is 23.7 Å². The number of hydrogen-bond acceptors (Lipinski definition) is 7. The summed E-state index contributed by atoms with van der Waals surface area (Å²) in [5.74, 6) is -0.0877. The number of nitrogen functional groups attached to an aromatic ring is 1. The molecular weight excluding hydrogens is 404 g/mol. The summed E-state index contributed by atoms with van der Waals surface area (Å²) in [7, 11) is -3.75. The molecule has 0 spiro atoms. The van der Waals surface area contributed by atoms with Crippen LogP contribution >= 0.6 is 11.6 Å². The van der Waals surface area contributed by atoms with Crippen molar-refractivity contribution >= 4 is 49.5 Å². The fraction of sp³-hybridized carbons (Fsp3) is 0.111. The maximum absolute atomic E-state index is 12.2. The third kappa shape index (κ3) is 4.23. The van der Waals surface area contributed by atoms with E-state index < -0.39 is 10.0 Å². The number of nitrogens with two attached hydrogens (primary N) is 1. The molecule has 3 aromatic rings. The maximum atomic E-state index is 12.2. The highest BCUT2D eigenvalue weighted by Gasteiger charge is 2.15. The zero-order chi connectivity index (χ0) is 20.3. The molecule has 0 unspecified atom stereocenters. The number of aliphatic hydroxyl groups excluding tert-OH is 1. The fourth-order valence-corrected chi connectivity index (χ4v) is 3.75. The largest absolute Gasteiger partial charge is 0.506 e. The van der Waals surface area contributed by atoms with Crippen LogP contribution < -0.4 is 10.5 Å². The van der Waals surface area contributed by atoms with E-state index in [9.17, 15) is 13.5 Å². The number of halogens is 1. The molecule has 0 saturated carbocycles. The molecule has 0 fully saturated rings. The Kier molecular flexibility index (Phi) is 5.80. The SMILES string of the molecule is Nc1ccc2cc(S(=O)(=O)NCCO)ccc2c1N=Nc1cc(Cl)ccc1O. The third-order valence-corrected chi connectivity index (χ3v) is 5.60. The van der Waals surface area contributed by atoms with E-state index in [0.717, 1.165) is 0 Å². The van der Waals surface area contributed by atoms with Gasteiger partial charge >= 0.3 is 0 Å². The molecule has 3 aromatic carbocycles. The van der Waals surface area contributed by atoms with Gasteiger partial charge in [0, 0.05) is 17.0 Å². The molecule has 0 aliphatic rings. The molecular formula is C18H17ClN4O4S. The minimum atomic E-state index is -3.75. The van der Waals surface area contributed by atoms with Crippen molar-refractivity contribution in [2.24, 2.45) is 10.2 Å². The molecule has 0 amide bonds. The first-order valence-corrected chi connectivity index (χ1v) is 10.0. The second-order valence-corrected chi connectivity index (χ2v) is 8.04. The van der Waals surface area contributed by atoms with Gasteiger partial charge < -0.3 is 15.9 Å². The summed E-state index contributed by atoms with van der Waals surface area (Å²) in [6.45, 7) is -0.380. The molecule has 0 atom stereocenters. The second-order valence-electron chi connectivity index (χ2n) is 5.84. The number of phenolic OH excluding ortho intramolecular Hbond substituents is 1. The number of aliphatic hydroxyl groups is 1. The summed E-state index contributed by atoms with van der Waals surface area (Å²) < 4.78 is 26.8. The molecule has 0 bridgehead atoms. The van der Waals surface area contributed by atoms with E-state index >= 15 is 0 Å². The van der Waals surface area contributed by atoms with E-state index in [0.29, 0.717) is 27.2 Å². The minimum Gasteiger partial charge on any atom is -0.506 e. The van der Waals surface area contributed by atoms with Crippen molar-refractivity contribution in [3.63, 3.8) is 0 Å². The molecule has 8 nitrogen and oxygen atoms in total. The molecule has 10 heteroatoms. The summed E-state index contributed by atoms with van der Waals surface area (Å²) in [6, 6.07) is 12.1. The molecule has 0 radical (unpaired) electrons. The molecule has 3 rings (SSSR count). The number of benzene rings is 3. The van der Waals surface area contributed by atoms with Crippen LogP contribution in [0.3, 0.4) is 0 Å². The first-order chi connectivity index (χ1) is 13.3. The number of sulfonamides is 1. The van der Waals surface area contributed by atoms with Gasteiger partial charge in [0.05, 0.1) is 17.2 Å². The molecule has 0 aliphatic carbocycles. The topological polar surface area (TPSA) is 137 Å². The van der Waals surface area contributed by atoms with Gasteiger partial charge in [-0.2, -0.15) is 0 Å². The van der Waals surface area contributed by atoms with E-state index in [1.807, 2.05) is 0 Å². The van der Waals surface area contributed by atoms with Crippen LogP contribution in [0.4, 0.5) is 17.1 Å². The van der Waals surface area contributed by atoms with E-state index in [1.54, 1.807) is 18.2 Å². The highest BCUT2D eigenvalue weighted by Crippen LogP contribution is 2.36. The minimum absolute atomic E-state index is 0.0496. The van der Waals surface area contributed by atoms with Gasteiger partial charge in [0.2, 0.25) is 10.0 Å². The monoisotopic (exact) mass is 420 g/mol. The van der Waals surface area contributed by atoms with Crippen LogP contribution in [-0.4, -0.2) is 31.8 Å². The van der Waals surface area contributed by atoms with Crippen molar-refractivity contribution in [3.05, 3.63) is 53.6 Å². The molecule has 28 heavy (non-hydrogen) atoms. The number of anilines is 1. The highest BCUT2D eigenvalue weighted by molar-refractivity contribution is 7.89. The Morgan fingerprint density at radius 3 is 2.61 bits per heavy atom. The summed E-state index contributed by atoms with van der Waals surface area (Å²) >= 11 is 5.91. The number of nitrogens with zero attached hydrogens (tertiary/aromatic N) is 2. The van der Waals surface area contributed by atoms with E-state index in [1.165, 1.54) is 30.3 Å². The molecule has 0 aromatic heterocycles. The Morgan fingerprint density at radius 1 is 1.07 bits per heavy atom. The van der Waals surface area contributed by atoms with Crippen LogP contribution in [0, 0.1) is 0 Å². The van der Waals surface area contributed by atoms with Crippen LogP contribution in [0.2, 0.25) is 5.02 Å². The lowest BCUT2D eigenvalue weighted by Gasteiger charge is -2.09. The fourth-order valence-electron chi connectivity index (χ4n) is 2.53. The zero-order valence-corrected chi connectivity index (χ0v) is 16.1. The number of hydrogen-bond donors (Lipinski definition) is 4. The summed E-state index contributed by atoms with van der Waals surface area (Å²) in [6.07, 6.45) is 0. The van der Waals surface area contributed by atoms with Gasteiger partial charge in [-0.05, 0) is 41.8 Å². The molecule has 0 saturated heterocycles. The van der Waals surface area contributed by atoms with Gasteiger partial charge in [-0.3, -0.25) is 0 Å². The Labute approximate surface area is 166 Å². The van der Waals surface area contributed by atoms with Crippen molar-refractivity contribution in [3.8, 4) is 5.75 Å². The Bertz CT molecular complexity index is 1170. The summed E-state index contributed by atoms with van der Waals surface area (Å²) in [5.41, 5.74) is 6.86. The van der Waals surface area contributed by atoms with E-state index in [2.05, 4.69) is 15.0 Å². The van der Waals surface area contributed by atoms with Crippen LogP contribution in [-0.2, 0) is 10.0 Å². The van der Waals surface area contributed by atoms with Gasteiger partial charge in [-0.25, -0.2) is 13.1 Å². The van der Waals surface area contributed by atoms with Crippen LogP contribution in [0.5, 0.6) is 5.75 Å². The first-order valence-electron chi connectivity index (χ1n) is 8.15. The van der Waals surface area contributed by atoms with E-state index in [-0.39, 0.29) is 29.5 Å². The number of rotatable bonds is 6. The van der Waals surface area contributed by atoms with Crippen LogP contribution in [0.15, 0.2) is 63.7 Å². The average molecular weight is 421 g/mol. The maximum Gasteiger partial charge on any atom is 0.240 e. The Balaban J connectivity index is 2.05. The highest BCUT2D eigenvalue weighted by atomic mass is 35.5. The number of nitrogens with one attached hydrogen (secondary N) is 1. The lowest BCUT2D eigenvalue weighted by Crippen LogP contribution is -2.26. The summed E-state index contributed by atoms with van der Waals surface area (Å²) in [4.78, 5) is 0.0496. The lowest BCUT2D eigenvalue weighted by molar-refractivity contribution is 0.301. The van der Waals surface area contributed by atoms with Gasteiger partial charge in [0.15, 0.2) is 0 Å². The molecule has 146 valence electrons. The lowest BCUT2D eigenvalue weighted by atomic mass is 10.1. The molecule has 5 N–H and O–H groups in total. The predicted octanol–water partition coefficient (Wildman–Crippen LogP) is 3.47. The second kappa shape index (κ2) is 8.11. The normalized spacial score (nSPS) is 12.1.